The van der Waals surface area contributed by atoms with Crippen molar-refractivity contribution < 1.29 is 28.5 Å². The Hall–Kier alpha value is -2.93. The molecule has 2 aromatic carbocycles. The van der Waals surface area contributed by atoms with Crippen molar-refractivity contribution in [1.82, 2.24) is 4.90 Å². The molecule has 0 aliphatic carbocycles. The number of carbonyl (C=O) groups is 1. The summed E-state index contributed by atoms with van der Waals surface area (Å²) in [5.41, 5.74) is 0.556. The molecule has 156 valence electrons. The number of nitrogens with zero attached hydrogens (tertiary/aromatic N) is 1. The van der Waals surface area contributed by atoms with Crippen molar-refractivity contribution >= 4 is 5.91 Å². The van der Waals surface area contributed by atoms with Gasteiger partial charge in [-0.15, -0.1) is 0 Å². The summed E-state index contributed by atoms with van der Waals surface area (Å²) >= 11 is 0. The molecule has 3 rings (SSSR count). The SMILES string of the molecule is CCOc1cc(C(=O)N2CCOC(COc3ccccc3OC)C2)ccc1OC. The van der Waals surface area contributed by atoms with E-state index in [0.717, 1.165) is 0 Å². The predicted octanol–water partition coefficient (Wildman–Crippen LogP) is 3.02. The van der Waals surface area contributed by atoms with Crippen LogP contribution < -0.4 is 18.9 Å². The summed E-state index contributed by atoms with van der Waals surface area (Å²) in [7, 11) is 3.18. The quantitative estimate of drug-likeness (QED) is 0.677. The second-order valence-electron chi connectivity index (χ2n) is 6.50. The van der Waals surface area contributed by atoms with Gasteiger partial charge in [0.2, 0.25) is 0 Å². The van der Waals surface area contributed by atoms with Crippen LogP contribution in [0.15, 0.2) is 42.5 Å². The lowest BCUT2D eigenvalue weighted by Crippen LogP contribution is -2.47. The van der Waals surface area contributed by atoms with Gasteiger partial charge in [0, 0.05) is 12.1 Å². The summed E-state index contributed by atoms with van der Waals surface area (Å²) in [6.45, 7) is 4.15. The minimum atomic E-state index is -0.220. The fourth-order valence-corrected chi connectivity index (χ4v) is 3.19. The van der Waals surface area contributed by atoms with Crippen LogP contribution in [-0.4, -0.2) is 64.0 Å². The minimum absolute atomic E-state index is 0.0702. The molecule has 1 aliphatic rings. The number of benzene rings is 2. The highest BCUT2D eigenvalue weighted by Crippen LogP contribution is 2.29. The third kappa shape index (κ3) is 5.12. The van der Waals surface area contributed by atoms with E-state index in [4.69, 9.17) is 23.7 Å². The molecule has 1 fully saturated rings. The number of methoxy groups -OCH3 is 2. The maximum Gasteiger partial charge on any atom is 0.254 e. The smallest absolute Gasteiger partial charge is 0.254 e. The van der Waals surface area contributed by atoms with E-state index < -0.39 is 0 Å². The van der Waals surface area contributed by atoms with Crippen molar-refractivity contribution in [1.29, 1.82) is 0 Å². The standard InChI is InChI=1S/C22H27NO6/c1-4-27-21-13-16(9-10-19(21)26-3)22(24)23-11-12-28-17(14-23)15-29-20-8-6-5-7-18(20)25-2/h5-10,13,17H,4,11-12,14-15H2,1-3H3. The summed E-state index contributed by atoms with van der Waals surface area (Å²) < 4.78 is 27.8. The first kappa shape index (κ1) is 20.8. The molecular formula is C22H27NO6. The molecule has 1 amide bonds. The van der Waals surface area contributed by atoms with Crippen LogP contribution >= 0.6 is 0 Å². The zero-order chi connectivity index (χ0) is 20.6. The van der Waals surface area contributed by atoms with Gasteiger partial charge in [0.1, 0.15) is 12.7 Å². The molecule has 0 spiro atoms. The Morgan fingerprint density at radius 2 is 1.76 bits per heavy atom. The van der Waals surface area contributed by atoms with Crippen LogP contribution in [0.1, 0.15) is 17.3 Å². The van der Waals surface area contributed by atoms with E-state index >= 15 is 0 Å². The lowest BCUT2D eigenvalue weighted by Gasteiger charge is -2.33. The number of amides is 1. The van der Waals surface area contributed by atoms with E-state index in [2.05, 4.69) is 0 Å². The molecule has 1 atom stereocenters. The molecule has 0 N–H and O–H groups in total. The van der Waals surface area contributed by atoms with Gasteiger partial charge in [0.25, 0.3) is 5.91 Å². The monoisotopic (exact) mass is 401 g/mol. The van der Waals surface area contributed by atoms with Gasteiger partial charge in [-0.05, 0) is 37.3 Å². The first-order chi connectivity index (χ1) is 14.2. The van der Waals surface area contributed by atoms with Crippen LogP contribution in [0.5, 0.6) is 23.0 Å². The molecule has 1 saturated heterocycles. The van der Waals surface area contributed by atoms with Gasteiger partial charge in [0.15, 0.2) is 23.0 Å². The highest BCUT2D eigenvalue weighted by atomic mass is 16.5. The fraction of sp³-hybridized carbons (Fsp3) is 0.409. The van der Waals surface area contributed by atoms with E-state index in [1.54, 1.807) is 37.3 Å². The minimum Gasteiger partial charge on any atom is -0.493 e. The summed E-state index contributed by atoms with van der Waals surface area (Å²) in [5, 5.41) is 0. The van der Waals surface area contributed by atoms with Crippen LogP contribution in [0.4, 0.5) is 0 Å². The van der Waals surface area contributed by atoms with Crippen LogP contribution in [0.3, 0.4) is 0 Å². The van der Waals surface area contributed by atoms with Crippen LogP contribution in [0.25, 0.3) is 0 Å². The van der Waals surface area contributed by atoms with Gasteiger partial charge in [-0.25, -0.2) is 0 Å². The van der Waals surface area contributed by atoms with Crippen molar-refractivity contribution in [2.45, 2.75) is 13.0 Å². The average molecular weight is 401 g/mol. The van der Waals surface area contributed by atoms with Gasteiger partial charge in [-0.2, -0.15) is 0 Å². The second-order valence-corrected chi connectivity index (χ2v) is 6.50. The van der Waals surface area contributed by atoms with Crippen molar-refractivity contribution in [3.05, 3.63) is 48.0 Å². The molecule has 1 aliphatic heterocycles. The molecule has 7 nitrogen and oxygen atoms in total. The van der Waals surface area contributed by atoms with Gasteiger partial charge in [-0.1, -0.05) is 12.1 Å². The lowest BCUT2D eigenvalue weighted by atomic mass is 10.1. The van der Waals surface area contributed by atoms with Crippen molar-refractivity contribution in [2.24, 2.45) is 0 Å². The van der Waals surface area contributed by atoms with E-state index in [9.17, 15) is 4.79 Å². The van der Waals surface area contributed by atoms with Crippen molar-refractivity contribution in [2.75, 3.05) is 47.1 Å². The first-order valence-corrected chi connectivity index (χ1v) is 9.63. The van der Waals surface area contributed by atoms with Crippen molar-refractivity contribution in [3.63, 3.8) is 0 Å². The molecule has 1 heterocycles. The summed E-state index contributed by atoms with van der Waals surface area (Å²) in [5.74, 6) is 2.41. The van der Waals surface area contributed by atoms with E-state index in [0.29, 0.717) is 61.5 Å². The number of ether oxygens (including phenoxy) is 5. The zero-order valence-corrected chi connectivity index (χ0v) is 17.1. The summed E-state index contributed by atoms with van der Waals surface area (Å²) in [4.78, 5) is 14.8. The predicted molar refractivity (Wildman–Crippen MR) is 108 cm³/mol. The molecule has 0 saturated carbocycles. The molecule has 2 aromatic rings. The van der Waals surface area contributed by atoms with Crippen molar-refractivity contribution in [3.8, 4) is 23.0 Å². The zero-order valence-electron chi connectivity index (χ0n) is 17.1. The number of morpholine rings is 1. The Morgan fingerprint density at radius 3 is 2.48 bits per heavy atom. The number of hydrogen-bond donors (Lipinski definition) is 0. The topological polar surface area (TPSA) is 66.5 Å². The van der Waals surface area contributed by atoms with Gasteiger partial charge < -0.3 is 28.6 Å². The second kappa shape index (κ2) is 10.0. The Balaban J connectivity index is 1.64. The number of carbonyl (C=O) groups excluding carboxylic acids is 1. The Morgan fingerprint density at radius 1 is 1.03 bits per heavy atom. The van der Waals surface area contributed by atoms with Crippen LogP contribution in [0.2, 0.25) is 0 Å². The van der Waals surface area contributed by atoms with Gasteiger partial charge >= 0.3 is 0 Å². The third-order valence-electron chi connectivity index (χ3n) is 4.63. The molecule has 1 unspecified atom stereocenters. The Kier molecular flexibility index (Phi) is 7.19. The normalized spacial score (nSPS) is 16.2. The maximum absolute atomic E-state index is 13.0. The Bertz CT molecular complexity index is 825. The molecule has 0 radical (unpaired) electrons. The molecule has 0 bridgehead atoms. The largest absolute Gasteiger partial charge is 0.493 e. The molecular weight excluding hydrogens is 374 g/mol. The van der Waals surface area contributed by atoms with Crippen LogP contribution in [-0.2, 0) is 4.74 Å². The van der Waals surface area contributed by atoms with E-state index in [1.807, 2.05) is 31.2 Å². The summed E-state index contributed by atoms with van der Waals surface area (Å²) in [6, 6.07) is 12.7. The average Bonchev–Trinajstić information content (AvgIpc) is 2.77. The highest BCUT2D eigenvalue weighted by molar-refractivity contribution is 5.95. The molecule has 29 heavy (non-hydrogen) atoms. The number of rotatable bonds is 8. The summed E-state index contributed by atoms with van der Waals surface area (Å²) in [6.07, 6.45) is -0.220. The highest BCUT2D eigenvalue weighted by Gasteiger charge is 2.26. The van der Waals surface area contributed by atoms with E-state index in [-0.39, 0.29) is 12.0 Å². The maximum atomic E-state index is 13.0. The molecule has 0 aromatic heterocycles. The number of para-hydroxylation sites is 2. The Labute approximate surface area is 171 Å². The molecule has 7 heteroatoms. The van der Waals surface area contributed by atoms with E-state index in [1.165, 1.54) is 0 Å². The third-order valence-corrected chi connectivity index (χ3v) is 4.63. The van der Waals surface area contributed by atoms with Gasteiger partial charge in [0.05, 0.1) is 34.0 Å². The van der Waals surface area contributed by atoms with Gasteiger partial charge in [-0.3, -0.25) is 4.79 Å². The first-order valence-electron chi connectivity index (χ1n) is 9.63. The number of hydrogen-bond acceptors (Lipinski definition) is 6. The fourth-order valence-electron chi connectivity index (χ4n) is 3.19. The lowest BCUT2D eigenvalue weighted by molar-refractivity contribution is -0.0403. The van der Waals surface area contributed by atoms with Crippen LogP contribution in [0, 0.1) is 0 Å².